The van der Waals surface area contributed by atoms with E-state index in [-0.39, 0.29) is 22.7 Å². The lowest BCUT2D eigenvalue weighted by molar-refractivity contribution is 0.0959. The van der Waals surface area contributed by atoms with Crippen LogP contribution in [-0.4, -0.2) is 20.9 Å². The first kappa shape index (κ1) is 17.1. The van der Waals surface area contributed by atoms with Crippen LogP contribution in [0.15, 0.2) is 57.9 Å². The summed E-state index contributed by atoms with van der Waals surface area (Å²) >= 11 is 3.25. The topological polar surface area (TPSA) is 75.3 Å². The van der Waals surface area contributed by atoms with Crippen LogP contribution < -0.4 is 10.0 Å². The summed E-state index contributed by atoms with van der Waals surface area (Å²) in [5.41, 5.74) is 0.383. The maximum Gasteiger partial charge on any atom is 0.261 e. The van der Waals surface area contributed by atoms with Gasteiger partial charge in [-0.2, -0.15) is 0 Å². The van der Waals surface area contributed by atoms with E-state index in [4.69, 9.17) is 6.42 Å². The Morgan fingerprint density at radius 1 is 1.13 bits per heavy atom. The zero-order valence-electron chi connectivity index (χ0n) is 11.9. The number of amides is 1. The van der Waals surface area contributed by atoms with Crippen LogP contribution in [0.4, 0.5) is 5.69 Å². The second-order valence-corrected chi connectivity index (χ2v) is 7.09. The number of hydrogen-bond acceptors (Lipinski definition) is 3. The number of para-hydroxylation sites is 1. The minimum Gasteiger partial charge on any atom is -0.341 e. The van der Waals surface area contributed by atoms with E-state index in [9.17, 15) is 13.2 Å². The quantitative estimate of drug-likeness (QED) is 0.767. The first-order valence-corrected chi connectivity index (χ1v) is 8.81. The fourth-order valence-electron chi connectivity index (χ4n) is 1.81. The van der Waals surface area contributed by atoms with Crippen molar-refractivity contribution < 1.29 is 13.2 Å². The molecule has 0 heterocycles. The summed E-state index contributed by atoms with van der Waals surface area (Å²) in [4.78, 5) is 12.1. The molecular weight excluding hydrogens is 380 g/mol. The van der Waals surface area contributed by atoms with Crippen molar-refractivity contribution in [3.63, 3.8) is 0 Å². The molecule has 0 atom stereocenters. The number of sulfonamides is 1. The minimum absolute atomic E-state index is 0.0621. The van der Waals surface area contributed by atoms with Crippen molar-refractivity contribution in [2.75, 3.05) is 11.3 Å². The molecule has 0 bridgehead atoms. The third-order valence-electron chi connectivity index (χ3n) is 2.89. The van der Waals surface area contributed by atoms with Gasteiger partial charge in [0.25, 0.3) is 15.9 Å². The molecule has 0 saturated carbocycles. The molecule has 1 amide bonds. The summed E-state index contributed by atoms with van der Waals surface area (Å²) < 4.78 is 28.0. The van der Waals surface area contributed by atoms with Crippen molar-refractivity contribution in [3.05, 3.63) is 58.6 Å². The van der Waals surface area contributed by atoms with Crippen molar-refractivity contribution in [1.82, 2.24) is 5.32 Å². The first-order valence-electron chi connectivity index (χ1n) is 6.53. The van der Waals surface area contributed by atoms with Crippen LogP contribution in [0.1, 0.15) is 10.4 Å². The predicted molar refractivity (Wildman–Crippen MR) is 92.6 cm³/mol. The van der Waals surface area contributed by atoms with Crippen molar-refractivity contribution >= 4 is 37.5 Å². The average molecular weight is 393 g/mol. The summed E-state index contributed by atoms with van der Waals surface area (Å²) in [6, 6.07) is 12.5. The number of terminal acetylenes is 1. The van der Waals surface area contributed by atoms with E-state index in [1.54, 1.807) is 24.3 Å². The highest BCUT2D eigenvalue weighted by atomic mass is 79.9. The Kier molecular flexibility index (Phi) is 5.42. The number of halogens is 1. The number of benzene rings is 2. The Balaban J connectivity index is 2.31. The number of nitrogens with one attached hydrogen (secondary N) is 2. The van der Waals surface area contributed by atoms with E-state index in [1.165, 1.54) is 24.3 Å². The SMILES string of the molecule is C#CCNC(=O)c1ccccc1NS(=O)(=O)c1ccc(Br)cc1. The third kappa shape index (κ3) is 4.34. The molecular formula is C16H13BrN2O3S. The van der Waals surface area contributed by atoms with Crippen molar-refractivity contribution in [1.29, 1.82) is 0 Å². The van der Waals surface area contributed by atoms with E-state index in [2.05, 4.69) is 31.9 Å². The Bertz CT molecular complexity index is 856. The van der Waals surface area contributed by atoms with Gasteiger partial charge < -0.3 is 5.32 Å². The van der Waals surface area contributed by atoms with Gasteiger partial charge in [0, 0.05) is 4.47 Å². The zero-order valence-corrected chi connectivity index (χ0v) is 14.3. The van der Waals surface area contributed by atoms with Crippen molar-refractivity contribution in [3.8, 4) is 12.3 Å². The van der Waals surface area contributed by atoms with Gasteiger partial charge in [0.2, 0.25) is 0 Å². The maximum absolute atomic E-state index is 12.4. The number of carbonyl (C=O) groups excluding carboxylic acids is 1. The van der Waals surface area contributed by atoms with Gasteiger partial charge in [-0.25, -0.2) is 8.42 Å². The molecule has 0 unspecified atom stereocenters. The van der Waals surface area contributed by atoms with E-state index < -0.39 is 15.9 Å². The molecule has 0 aliphatic heterocycles. The molecule has 2 aromatic carbocycles. The van der Waals surface area contributed by atoms with Gasteiger partial charge in [-0.15, -0.1) is 6.42 Å². The number of anilines is 1. The molecule has 2 rings (SSSR count). The monoisotopic (exact) mass is 392 g/mol. The standard InChI is InChI=1S/C16H13BrN2O3S/c1-2-11-18-16(20)14-5-3-4-6-15(14)19-23(21,22)13-9-7-12(17)8-10-13/h1,3-10,19H,11H2,(H,18,20). The van der Waals surface area contributed by atoms with Gasteiger partial charge in [-0.05, 0) is 36.4 Å². The van der Waals surface area contributed by atoms with Crippen molar-refractivity contribution in [2.24, 2.45) is 0 Å². The number of hydrogen-bond donors (Lipinski definition) is 2. The Labute approximate surface area is 143 Å². The highest BCUT2D eigenvalue weighted by molar-refractivity contribution is 9.10. The molecule has 7 heteroatoms. The van der Waals surface area contributed by atoms with Crippen LogP contribution in [0, 0.1) is 12.3 Å². The summed E-state index contributed by atoms with van der Waals surface area (Å²) in [6.07, 6.45) is 5.10. The highest BCUT2D eigenvalue weighted by Gasteiger charge is 2.18. The van der Waals surface area contributed by atoms with Gasteiger partial charge in [0.15, 0.2) is 0 Å². The van der Waals surface area contributed by atoms with Crippen LogP contribution in [0.25, 0.3) is 0 Å². The zero-order chi connectivity index (χ0) is 16.9. The molecule has 0 saturated heterocycles. The second-order valence-electron chi connectivity index (χ2n) is 4.49. The maximum atomic E-state index is 12.4. The second kappa shape index (κ2) is 7.31. The molecule has 0 spiro atoms. The minimum atomic E-state index is -3.80. The average Bonchev–Trinajstić information content (AvgIpc) is 2.53. The molecule has 2 aromatic rings. The largest absolute Gasteiger partial charge is 0.341 e. The van der Waals surface area contributed by atoms with Crippen LogP contribution in [-0.2, 0) is 10.0 Å². The number of carbonyl (C=O) groups is 1. The Morgan fingerprint density at radius 3 is 2.43 bits per heavy atom. The van der Waals surface area contributed by atoms with Gasteiger partial charge in [-0.3, -0.25) is 9.52 Å². The van der Waals surface area contributed by atoms with Gasteiger partial charge in [-0.1, -0.05) is 34.0 Å². The Hall–Kier alpha value is -2.30. The number of rotatable bonds is 5. The van der Waals surface area contributed by atoms with Gasteiger partial charge in [0.1, 0.15) is 0 Å². The third-order valence-corrected chi connectivity index (χ3v) is 4.80. The molecule has 0 radical (unpaired) electrons. The van der Waals surface area contributed by atoms with Gasteiger partial charge in [0.05, 0.1) is 22.7 Å². The van der Waals surface area contributed by atoms with E-state index in [1.807, 2.05) is 0 Å². The molecule has 2 N–H and O–H groups in total. The van der Waals surface area contributed by atoms with Crippen LogP contribution >= 0.6 is 15.9 Å². The lowest BCUT2D eigenvalue weighted by Crippen LogP contribution is -2.25. The lowest BCUT2D eigenvalue weighted by atomic mass is 10.2. The summed E-state index contributed by atoms with van der Waals surface area (Å²) in [5, 5.41) is 2.51. The molecule has 0 fully saturated rings. The fourth-order valence-corrected chi connectivity index (χ4v) is 3.16. The Morgan fingerprint density at radius 2 is 1.78 bits per heavy atom. The van der Waals surface area contributed by atoms with E-state index in [0.29, 0.717) is 0 Å². The molecule has 0 aromatic heterocycles. The van der Waals surface area contributed by atoms with Crippen molar-refractivity contribution in [2.45, 2.75) is 4.90 Å². The molecule has 5 nitrogen and oxygen atoms in total. The summed E-state index contributed by atoms with van der Waals surface area (Å²) in [7, 11) is -3.80. The van der Waals surface area contributed by atoms with Gasteiger partial charge >= 0.3 is 0 Å². The first-order chi connectivity index (χ1) is 10.9. The summed E-state index contributed by atoms with van der Waals surface area (Å²) in [5.74, 6) is 1.84. The molecule has 0 aliphatic carbocycles. The lowest BCUT2D eigenvalue weighted by Gasteiger charge is -2.12. The van der Waals surface area contributed by atoms with Crippen LogP contribution in [0.5, 0.6) is 0 Å². The van der Waals surface area contributed by atoms with E-state index in [0.717, 1.165) is 4.47 Å². The summed E-state index contributed by atoms with van der Waals surface area (Å²) in [6.45, 7) is 0.0621. The molecule has 23 heavy (non-hydrogen) atoms. The predicted octanol–water partition coefficient (Wildman–Crippen LogP) is 2.61. The van der Waals surface area contributed by atoms with E-state index >= 15 is 0 Å². The van der Waals surface area contributed by atoms with Crippen LogP contribution in [0.2, 0.25) is 0 Å². The normalized spacial score (nSPS) is 10.6. The molecule has 0 aliphatic rings. The highest BCUT2D eigenvalue weighted by Crippen LogP contribution is 2.21. The smallest absolute Gasteiger partial charge is 0.261 e. The molecule has 118 valence electrons. The fraction of sp³-hybridized carbons (Fsp3) is 0.0625. The van der Waals surface area contributed by atoms with Crippen LogP contribution in [0.3, 0.4) is 0 Å².